The number of hydrogen-bond acceptors (Lipinski definition) is 4. The molecule has 0 aliphatic carbocycles. The molecule has 122 valence electrons. The average molecular weight is 329 g/mol. The van der Waals surface area contributed by atoms with Gasteiger partial charge in [-0.2, -0.15) is 0 Å². The summed E-state index contributed by atoms with van der Waals surface area (Å²) < 4.78 is 18.5. The van der Waals surface area contributed by atoms with Crippen LogP contribution in [0.4, 0.5) is 4.39 Å². The van der Waals surface area contributed by atoms with Gasteiger partial charge in [0.25, 0.3) is 0 Å². The van der Waals surface area contributed by atoms with Gasteiger partial charge < -0.3 is 9.84 Å². The Morgan fingerprint density at radius 1 is 1.27 bits per heavy atom. The van der Waals surface area contributed by atoms with E-state index in [4.69, 9.17) is 16.3 Å². The number of β-amino-alcohol motifs (C(OH)–C–C–N with tert-alkyl or cyclic N) is 1. The van der Waals surface area contributed by atoms with Crippen LogP contribution in [0, 0.1) is 5.82 Å². The average Bonchev–Trinajstić information content (AvgIpc) is 2.51. The fraction of sp³-hybridized carbons (Fsp3) is 0.625. The van der Waals surface area contributed by atoms with Gasteiger partial charge in [0.05, 0.1) is 19.3 Å². The van der Waals surface area contributed by atoms with Crippen LogP contribution in [0.3, 0.4) is 0 Å². The molecule has 0 radical (unpaired) electrons. The lowest BCUT2D eigenvalue weighted by Crippen LogP contribution is -2.56. The van der Waals surface area contributed by atoms with Crippen molar-refractivity contribution in [3.05, 3.63) is 34.6 Å². The Morgan fingerprint density at radius 2 is 2.05 bits per heavy atom. The summed E-state index contributed by atoms with van der Waals surface area (Å²) in [6.45, 7) is 5.46. The molecule has 2 fully saturated rings. The molecule has 2 atom stereocenters. The molecule has 0 saturated carbocycles. The third-order valence-electron chi connectivity index (χ3n) is 4.55. The Bertz CT molecular complexity index is 511. The molecular formula is C16H22ClFN2O2. The van der Waals surface area contributed by atoms with Gasteiger partial charge in [-0.25, -0.2) is 4.39 Å². The molecule has 2 aliphatic heterocycles. The van der Waals surface area contributed by atoms with Crippen LogP contribution >= 0.6 is 11.6 Å². The van der Waals surface area contributed by atoms with E-state index in [9.17, 15) is 9.50 Å². The van der Waals surface area contributed by atoms with Crippen molar-refractivity contribution in [3.8, 4) is 0 Å². The molecule has 0 bridgehead atoms. The first kappa shape index (κ1) is 16.1. The number of aliphatic hydroxyl groups excluding tert-OH is 1. The molecule has 4 nitrogen and oxygen atoms in total. The quantitative estimate of drug-likeness (QED) is 0.917. The highest BCUT2D eigenvalue weighted by atomic mass is 35.5. The highest BCUT2D eigenvalue weighted by Crippen LogP contribution is 2.23. The molecule has 3 rings (SSSR count). The second kappa shape index (κ2) is 7.23. The van der Waals surface area contributed by atoms with E-state index in [0.29, 0.717) is 18.1 Å². The molecule has 0 spiro atoms. The molecule has 2 saturated heterocycles. The maximum absolute atomic E-state index is 13.1. The molecule has 22 heavy (non-hydrogen) atoms. The van der Waals surface area contributed by atoms with E-state index in [1.165, 1.54) is 12.1 Å². The monoisotopic (exact) mass is 328 g/mol. The molecule has 2 heterocycles. The lowest BCUT2D eigenvalue weighted by Gasteiger charge is -2.43. The lowest BCUT2D eigenvalue weighted by molar-refractivity contribution is -0.0534. The third-order valence-corrected chi connectivity index (χ3v) is 4.91. The molecule has 1 aromatic rings. The molecule has 0 amide bonds. The van der Waals surface area contributed by atoms with E-state index in [2.05, 4.69) is 9.80 Å². The Balaban J connectivity index is 1.57. The van der Waals surface area contributed by atoms with Crippen LogP contribution in [-0.4, -0.2) is 66.4 Å². The number of ether oxygens (including phenoxy) is 1. The van der Waals surface area contributed by atoms with Gasteiger partial charge in [-0.3, -0.25) is 9.80 Å². The van der Waals surface area contributed by atoms with Crippen molar-refractivity contribution in [2.45, 2.75) is 25.1 Å². The molecular weight excluding hydrogens is 307 g/mol. The van der Waals surface area contributed by atoms with Gasteiger partial charge in [0.15, 0.2) is 0 Å². The maximum Gasteiger partial charge on any atom is 0.124 e. The first-order valence-corrected chi connectivity index (χ1v) is 8.17. The zero-order chi connectivity index (χ0) is 15.5. The molecule has 0 unspecified atom stereocenters. The molecule has 6 heteroatoms. The minimum atomic E-state index is -0.369. The minimum absolute atomic E-state index is 0.212. The summed E-state index contributed by atoms with van der Waals surface area (Å²) in [5.74, 6) is -0.320. The van der Waals surface area contributed by atoms with Gasteiger partial charge in [-0.1, -0.05) is 17.7 Å². The smallest absolute Gasteiger partial charge is 0.124 e. The van der Waals surface area contributed by atoms with Crippen molar-refractivity contribution in [1.29, 1.82) is 0 Å². The van der Waals surface area contributed by atoms with Crippen LogP contribution in [-0.2, 0) is 11.3 Å². The van der Waals surface area contributed by atoms with Crippen molar-refractivity contribution >= 4 is 11.6 Å². The largest absolute Gasteiger partial charge is 0.390 e. The highest BCUT2D eigenvalue weighted by Gasteiger charge is 2.32. The topological polar surface area (TPSA) is 35.9 Å². The Morgan fingerprint density at radius 3 is 2.73 bits per heavy atom. The normalized spacial score (nSPS) is 28.0. The Labute approximate surface area is 135 Å². The molecule has 1 N–H and O–H groups in total. The van der Waals surface area contributed by atoms with Crippen molar-refractivity contribution < 1.29 is 14.2 Å². The number of benzene rings is 1. The van der Waals surface area contributed by atoms with E-state index in [1.54, 1.807) is 6.07 Å². The van der Waals surface area contributed by atoms with Gasteiger partial charge in [-0.05, 0) is 24.1 Å². The maximum atomic E-state index is 13.1. The van der Waals surface area contributed by atoms with Crippen LogP contribution in [0.15, 0.2) is 18.2 Å². The summed E-state index contributed by atoms with van der Waals surface area (Å²) in [6, 6.07) is 4.70. The number of likely N-dealkylation sites (tertiary alicyclic amines) is 1. The Kier molecular flexibility index (Phi) is 5.31. The predicted octanol–water partition coefficient (Wildman–Crippen LogP) is 1.75. The number of rotatable bonds is 3. The van der Waals surface area contributed by atoms with Crippen molar-refractivity contribution in [2.24, 2.45) is 0 Å². The van der Waals surface area contributed by atoms with Gasteiger partial charge in [0.2, 0.25) is 0 Å². The number of halogens is 2. The summed E-state index contributed by atoms with van der Waals surface area (Å²) in [5.41, 5.74) is 0.903. The SMILES string of the molecule is O[C@@H]1CN(Cc2ccc(F)cc2Cl)CC[C@H]1N1CCOCC1. The van der Waals surface area contributed by atoms with E-state index < -0.39 is 0 Å². The second-order valence-corrected chi connectivity index (χ2v) is 6.45. The summed E-state index contributed by atoms with van der Waals surface area (Å²) >= 11 is 6.08. The summed E-state index contributed by atoms with van der Waals surface area (Å²) in [7, 11) is 0. The van der Waals surface area contributed by atoms with Crippen LogP contribution in [0.5, 0.6) is 0 Å². The van der Waals surface area contributed by atoms with Gasteiger partial charge in [0.1, 0.15) is 5.82 Å². The van der Waals surface area contributed by atoms with Crippen molar-refractivity contribution in [2.75, 3.05) is 39.4 Å². The van der Waals surface area contributed by atoms with Crippen LogP contribution in [0.1, 0.15) is 12.0 Å². The predicted molar refractivity (Wildman–Crippen MR) is 83.5 cm³/mol. The number of hydrogen-bond donors (Lipinski definition) is 1. The minimum Gasteiger partial charge on any atom is -0.390 e. The van der Waals surface area contributed by atoms with Crippen LogP contribution in [0.2, 0.25) is 5.02 Å². The first-order chi connectivity index (χ1) is 10.6. The number of piperidine rings is 1. The molecule has 1 aromatic carbocycles. The highest BCUT2D eigenvalue weighted by molar-refractivity contribution is 6.31. The van der Waals surface area contributed by atoms with Crippen molar-refractivity contribution in [3.63, 3.8) is 0 Å². The summed E-state index contributed by atoms with van der Waals surface area (Å²) in [5, 5.41) is 10.9. The van der Waals surface area contributed by atoms with Crippen LogP contribution < -0.4 is 0 Å². The first-order valence-electron chi connectivity index (χ1n) is 7.79. The fourth-order valence-electron chi connectivity index (χ4n) is 3.35. The number of nitrogens with zero attached hydrogens (tertiary/aromatic N) is 2. The second-order valence-electron chi connectivity index (χ2n) is 6.04. The zero-order valence-electron chi connectivity index (χ0n) is 12.5. The third kappa shape index (κ3) is 3.78. The standard InChI is InChI=1S/C16H22ClFN2O2/c17-14-9-13(18)2-1-12(14)10-19-4-3-15(16(21)11-19)20-5-7-22-8-6-20/h1-2,9,15-16,21H,3-8,10-11H2/t15-,16-/m1/s1. The van der Waals surface area contributed by atoms with E-state index in [-0.39, 0.29) is 18.0 Å². The van der Waals surface area contributed by atoms with Crippen molar-refractivity contribution in [1.82, 2.24) is 9.80 Å². The lowest BCUT2D eigenvalue weighted by atomic mass is 9.99. The van der Waals surface area contributed by atoms with Gasteiger partial charge >= 0.3 is 0 Å². The van der Waals surface area contributed by atoms with Gasteiger partial charge in [-0.15, -0.1) is 0 Å². The summed E-state index contributed by atoms with van der Waals surface area (Å²) in [6.07, 6.45) is 0.561. The summed E-state index contributed by atoms with van der Waals surface area (Å²) in [4.78, 5) is 4.51. The van der Waals surface area contributed by atoms with E-state index in [1.807, 2.05) is 0 Å². The van der Waals surface area contributed by atoms with Gasteiger partial charge in [0, 0.05) is 43.8 Å². The fourth-order valence-corrected chi connectivity index (χ4v) is 3.58. The Hall–Kier alpha value is -0.720. The molecule has 0 aromatic heterocycles. The van der Waals surface area contributed by atoms with E-state index in [0.717, 1.165) is 44.8 Å². The molecule has 2 aliphatic rings. The zero-order valence-corrected chi connectivity index (χ0v) is 13.3. The number of aliphatic hydroxyl groups is 1. The van der Waals surface area contributed by atoms with E-state index >= 15 is 0 Å². The van der Waals surface area contributed by atoms with Crippen LogP contribution in [0.25, 0.3) is 0 Å². The number of morpholine rings is 1.